The minimum atomic E-state index is 0.0944. The molecule has 6 heteroatoms. The van der Waals surface area contributed by atoms with Crippen LogP contribution in [0.2, 0.25) is 0 Å². The number of amides is 1. The fraction of sp³-hybridized carbons (Fsp3) is 0.536. The summed E-state index contributed by atoms with van der Waals surface area (Å²) < 4.78 is 17.5. The predicted molar refractivity (Wildman–Crippen MR) is 133 cm³/mol. The Labute approximate surface area is 203 Å². The molecule has 1 saturated heterocycles. The third-order valence-corrected chi connectivity index (χ3v) is 6.95. The number of piperidine rings is 1. The van der Waals surface area contributed by atoms with Crippen molar-refractivity contribution in [2.24, 2.45) is 5.92 Å². The highest BCUT2D eigenvalue weighted by atomic mass is 16.5. The van der Waals surface area contributed by atoms with Gasteiger partial charge in [-0.3, -0.25) is 9.69 Å². The highest BCUT2D eigenvalue weighted by molar-refractivity contribution is 5.94. The SMILES string of the molecule is CCOc1ccc(CN2CCCC[C@@H]3CN(CC[C@@H]3OC)C(=O)c3cccc(c3)OCC2)cc1. The first kappa shape index (κ1) is 24.6. The van der Waals surface area contributed by atoms with Crippen LogP contribution < -0.4 is 9.47 Å². The monoisotopic (exact) mass is 466 g/mol. The lowest BCUT2D eigenvalue weighted by atomic mass is 9.89. The molecule has 0 radical (unpaired) electrons. The second-order valence-electron chi connectivity index (χ2n) is 9.30. The summed E-state index contributed by atoms with van der Waals surface area (Å²) in [5, 5.41) is 0. The number of benzene rings is 2. The molecule has 2 aromatic carbocycles. The number of fused-ring (bicyclic) bond motifs is 4. The fourth-order valence-electron chi connectivity index (χ4n) is 5.10. The molecule has 0 aromatic heterocycles. The van der Waals surface area contributed by atoms with Gasteiger partial charge in [0.15, 0.2) is 0 Å². The number of hydrogen-bond acceptors (Lipinski definition) is 5. The highest BCUT2D eigenvalue weighted by Crippen LogP contribution is 2.27. The first-order valence-electron chi connectivity index (χ1n) is 12.6. The van der Waals surface area contributed by atoms with Crippen molar-refractivity contribution in [3.63, 3.8) is 0 Å². The van der Waals surface area contributed by atoms with E-state index in [-0.39, 0.29) is 12.0 Å². The van der Waals surface area contributed by atoms with Crippen molar-refractivity contribution >= 4 is 5.91 Å². The van der Waals surface area contributed by atoms with Crippen molar-refractivity contribution in [2.75, 3.05) is 46.5 Å². The molecule has 2 heterocycles. The zero-order valence-electron chi connectivity index (χ0n) is 20.6. The Bertz CT molecular complexity index is 917. The van der Waals surface area contributed by atoms with Gasteiger partial charge in [-0.25, -0.2) is 0 Å². The second kappa shape index (κ2) is 12.2. The van der Waals surface area contributed by atoms with E-state index in [2.05, 4.69) is 17.0 Å². The molecule has 34 heavy (non-hydrogen) atoms. The van der Waals surface area contributed by atoms with Gasteiger partial charge in [0.05, 0.1) is 12.7 Å². The van der Waals surface area contributed by atoms with Crippen molar-refractivity contribution in [1.29, 1.82) is 0 Å². The number of hydrogen-bond donors (Lipinski definition) is 0. The van der Waals surface area contributed by atoms with E-state index in [1.54, 1.807) is 7.11 Å². The number of carbonyl (C=O) groups is 1. The van der Waals surface area contributed by atoms with Crippen LogP contribution in [0.4, 0.5) is 0 Å². The molecule has 4 rings (SSSR count). The number of methoxy groups -OCH3 is 1. The molecule has 4 bridgehead atoms. The van der Waals surface area contributed by atoms with Gasteiger partial charge in [-0.15, -0.1) is 0 Å². The van der Waals surface area contributed by atoms with Gasteiger partial charge in [0.2, 0.25) is 0 Å². The van der Waals surface area contributed by atoms with E-state index in [1.807, 2.05) is 48.2 Å². The highest BCUT2D eigenvalue weighted by Gasteiger charge is 2.31. The molecule has 2 aromatic rings. The zero-order chi connectivity index (χ0) is 23.8. The lowest BCUT2D eigenvalue weighted by molar-refractivity contribution is -0.00676. The van der Waals surface area contributed by atoms with E-state index in [9.17, 15) is 4.79 Å². The molecule has 2 aliphatic heterocycles. The molecule has 2 aliphatic rings. The third-order valence-electron chi connectivity index (χ3n) is 6.95. The van der Waals surface area contributed by atoms with Crippen molar-refractivity contribution < 1.29 is 19.0 Å². The van der Waals surface area contributed by atoms with Crippen LogP contribution in [0.1, 0.15) is 48.5 Å². The Morgan fingerprint density at radius 1 is 1.03 bits per heavy atom. The topological polar surface area (TPSA) is 51.2 Å². The Balaban J connectivity index is 1.47. The van der Waals surface area contributed by atoms with E-state index in [4.69, 9.17) is 14.2 Å². The molecule has 6 nitrogen and oxygen atoms in total. The minimum Gasteiger partial charge on any atom is -0.494 e. The molecule has 1 amide bonds. The normalized spacial score (nSPS) is 22.4. The standard InChI is InChI=1S/C28H38N2O4/c1-3-33-25-12-10-22(11-13-25)20-29-15-5-4-7-24-21-30(16-14-27(24)32-2)28(31)23-8-6-9-26(19-23)34-18-17-29/h6,8-13,19,24,27H,3-5,7,14-18,20-21H2,1-2H3/t24-,27+/m1/s1. The Morgan fingerprint density at radius 2 is 1.88 bits per heavy atom. The summed E-state index contributed by atoms with van der Waals surface area (Å²) in [6.07, 6.45) is 4.45. The van der Waals surface area contributed by atoms with Gasteiger partial charge in [0.1, 0.15) is 18.1 Å². The quantitative estimate of drug-likeness (QED) is 0.643. The third kappa shape index (κ3) is 6.51. The lowest BCUT2D eigenvalue weighted by Gasteiger charge is -2.38. The van der Waals surface area contributed by atoms with Crippen molar-refractivity contribution in [2.45, 2.75) is 45.3 Å². The van der Waals surface area contributed by atoms with Crippen molar-refractivity contribution in [3.05, 3.63) is 59.7 Å². The summed E-state index contributed by atoms with van der Waals surface area (Å²) in [4.78, 5) is 17.6. The Hall–Kier alpha value is -2.57. The van der Waals surface area contributed by atoms with Gasteiger partial charge in [0.25, 0.3) is 5.91 Å². The predicted octanol–water partition coefficient (Wildman–Crippen LogP) is 4.63. The van der Waals surface area contributed by atoms with Crippen LogP contribution in [0, 0.1) is 5.92 Å². The summed E-state index contributed by atoms with van der Waals surface area (Å²) >= 11 is 0. The van der Waals surface area contributed by atoms with Crippen LogP contribution in [0.15, 0.2) is 48.5 Å². The molecule has 0 spiro atoms. The molecule has 1 fully saturated rings. The average Bonchev–Trinajstić information content (AvgIpc) is 2.87. The van der Waals surface area contributed by atoms with E-state index >= 15 is 0 Å². The largest absolute Gasteiger partial charge is 0.494 e. The summed E-state index contributed by atoms with van der Waals surface area (Å²) in [7, 11) is 1.80. The van der Waals surface area contributed by atoms with Gasteiger partial charge in [-0.2, -0.15) is 0 Å². The average molecular weight is 467 g/mol. The van der Waals surface area contributed by atoms with Gasteiger partial charge in [0, 0.05) is 44.8 Å². The number of carbonyl (C=O) groups excluding carboxylic acids is 1. The molecule has 0 unspecified atom stereocenters. The van der Waals surface area contributed by atoms with Crippen LogP contribution in [-0.4, -0.2) is 68.3 Å². The number of nitrogens with zero attached hydrogens (tertiary/aromatic N) is 2. The Kier molecular flexibility index (Phi) is 8.83. The van der Waals surface area contributed by atoms with Crippen LogP contribution in [0.5, 0.6) is 11.5 Å². The molecular weight excluding hydrogens is 428 g/mol. The molecular formula is C28H38N2O4. The summed E-state index contributed by atoms with van der Waals surface area (Å²) in [5.41, 5.74) is 1.98. The van der Waals surface area contributed by atoms with E-state index in [1.165, 1.54) is 5.56 Å². The van der Waals surface area contributed by atoms with Gasteiger partial charge < -0.3 is 19.1 Å². The molecule has 0 N–H and O–H groups in total. The van der Waals surface area contributed by atoms with E-state index in [0.717, 1.165) is 69.9 Å². The van der Waals surface area contributed by atoms with E-state index < -0.39 is 0 Å². The maximum Gasteiger partial charge on any atom is 0.254 e. The smallest absolute Gasteiger partial charge is 0.254 e. The van der Waals surface area contributed by atoms with Crippen molar-refractivity contribution in [3.8, 4) is 11.5 Å². The van der Waals surface area contributed by atoms with Crippen LogP contribution in [0.25, 0.3) is 0 Å². The van der Waals surface area contributed by atoms with Crippen LogP contribution in [0.3, 0.4) is 0 Å². The maximum atomic E-state index is 13.2. The minimum absolute atomic E-state index is 0.0944. The van der Waals surface area contributed by atoms with Gasteiger partial charge in [-0.05, 0) is 68.6 Å². The van der Waals surface area contributed by atoms with Crippen LogP contribution >= 0.6 is 0 Å². The first-order chi connectivity index (χ1) is 16.7. The maximum absolute atomic E-state index is 13.2. The Morgan fingerprint density at radius 3 is 2.68 bits per heavy atom. The molecule has 0 saturated carbocycles. The second-order valence-corrected chi connectivity index (χ2v) is 9.30. The van der Waals surface area contributed by atoms with E-state index in [0.29, 0.717) is 24.7 Å². The van der Waals surface area contributed by atoms with Crippen LogP contribution in [-0.2, 0) is 11.3 Å². The summed E-state index contributed by atoms with van der Waals surface area (Å²) in [6, 6.07) is 16.0. The molecule has 0 aliphatic carbocycles. The number of ether oxygens (including phenoxy) is 3. The van der Waals surface area contributed by atoms with Crippen molar-refractivity contribution in [1.82, 2.24) is 9.80 Å². The number of rotatable bonds is 5. The summed E-state index contributed by atoms with van der Waals surface area (Å²) in [5.74, 6) is 2.14. The fourth-order valence-corrected chi connectivity index (χ4v) is 5.10. The molecule has 184 valence electrons. The summed E-state index contributed by atoms with van der Waals surface area (Å²) in [6.45, 7) is 7.51. The first-order valence-corrected chi connectivity index (χ1v) is 12.6. The zero-order valence-corrected chi connectivity index (χ0v) is 20.6. The van der Waals surface area contributed by atoms with Gasteiger partial charge >= 0.3 is 0 Å². The lowest BCUT2D eigenvalue weighted by Crippen LogP contribution is -2.46. The molecule has 2 atom stereocenters. The van der Waals surface area contributed by atoms with Gasteiger partial charge in [-0.1, -0.05) is 24.6 Å².